The van der Waals surface area contributed by atoms with Crippen LogP contribution in [0.3, 0.4) is 0 Å². The minimum Gasteiger partial charge on any atom is -0.462 e. The third-order valence-corrected chi connectivity index (χ3v) is 4.56. The van der Waals surface area contributed by atoms with Crippen LogP contribution in [0.2, 0.25) is 0 Å². The average molecular weight is 292 g/mol. The summed E-state index contributed by atoms with van der Waals surface area (Å²) in [7, 11) is 0. The number of hydrogen-bond donors (Lipinski definition) is 1. The molecule has 5 nitrogen and oxygen atoms in total. The van der Waals surface area contributed by atoms with Crippen molar-refractivity contribution in [2.75, 3.05) is 5.73 Å². The fourth-order valence-electron chi connectivity index (χ4n) is 1.71. The van der Waals surface area contributed by atoms with Gasteiger partial charge in [0.1, 0.15) is 0 Å². The first-order valence-corrected chi connectivity index (χ1v) is 7.42. The van der Waals surface area contributed by atoms with Gasteiger partial charge in [-0.3, -0.25) is 0 Å². The molecule has 2 N–H and O–H groups in total. The molecule has 0 amide bonds. The van der Waals surface area contributed by atoms with Crippen molar-refractivity contribution in [3.05, 3.63) is 24.1 Å². The Morgan fingerprint density at radius 1 is 1.21 bits per heavy atom. The van der Waals surface area contributed by atoms with E-state index in [-0.39, 0.29) is 0 Å². The maximum atomic E-state index is 5.65. The van der Waals surface area contributed by atoms with Crippen molar-refractivity contribution < 1.29 is 4.42 Å². The lowest BCUT2D eigenvalue weighted by molar-refractivity contribution is 0.581. The Hall–Kier alpha value is -1.73. The molecule has 0 saturated heterocycles. The van der Waals surface area contributed by atoms with Crippen LogP contribution in [0.25, 0.3) is 20.7 Å². The third-order valence-electron chi connectivity index (χ3n) is 2.57. The molecule has 3 heterocycles. The summed E-state index contributed by atoms with van der Waals surface area (Å²) in [6.07, 6.45) is 1.65. The van der Waals surface area contributed by atoms with Crippen LogP contribution in [0, 0.1) is 0 Å². The SMILES string of the molecule is CC(C)c1nc(-c2ccco2)sc1-c1nnc(N)s1. The number of aromatic nitrogens is 3. The van der Waals surface area contributed by atoms with E-state index >= 15 is 0 Å². The second kappa shape index (κ2) is 4.75. The van der Waals surface area contributed by atoms with Crippen LogP contribution < -0.4 is 5.73 Å². The number of furan rings is 1. The van der Waals surface area contributed by atoms with E-state index in [4.69, 9.17) is 10.2 Å². The van der Waals surface area contributed by atoms with Gasteiger partial charge in [-0.25, -0.2) is 4.98 Å². The van der Waals surface area contributed by atoms with E-state index in [9.17, 15) is 0 Å². The molecule has 3 aromatic heterocycles. The first kappa shape index (κ1) is 12.3. The summed E-state index contributed by atoms with van der Waals surface area (Å²) in [5, 5.41) is 10.1. The molecule has 0 bridgehead atoms. The van der Waals surface area contributed by atoms with E-state index in [0.717, 1.165) is 26.3 Å². The first-order valence-electron chi connectivity index (χ1n) is 5.79. The van der Waals surface area contributed by atoms with E-state index in [0.29, 0.717) is 11.0 Å². The molecule has 3 rings (SSSR count). The minimum atomic E-state index is 0.306. The van der Waals surface area contributed by atoms with Crippen LogP contribution in [-0.4, -0.2) is 15.2 Å². The molecule has 0 saturated carbocycles. The number of nitrogen functional groups attached to an aromatic ring is 1. The molecule has 0 spiro atoms. The molecule has 0 aliphatic carbocycles. The number of nitrogens with two attached hydrogens (primary N) is 1. The van der Waals surface area contributed by atoms with E-state index < -0.39 is 0 Å². The fourth-order valence-corrected chi connectivity index (χ4v) is 3.59. The Morgan fingerprint density at radius 3 is 2.63 bits per heavy atom. The van der Waals surface area contributed by atoms with Gasteiger partial charge in [-0.05, 0) is 18.1 Å². The molecule has 0 radical (unpaired) electrons. The number of anilines is 1. The predicted molar refractivity (Wildman–Crippen MR) is 77.2 cm³/mol. The van der Waals surface area contributed by atoms with Crippen molar-refractivity contribution in [1.82, 2.24) is 15.2 Å². The maximum absolute atomic E-state index is 5.65. The highest BCUT2D eigenvalue weighted by molar-refractivity contribution is 7.24. The van der Waals surface area contributed by atoms with Gasteiger partial charge in [0.2, 0.25) is 5.13 Å². The highest BCUT2D eigenvalue weighted by atomic mass is 32.1. The number of thiazole rings is 1. The average Bonchev–Trinajstić information content (AvgIpc) is 3.07. The highest BCUT2D eigenvalue weighted by Crippen LogP contribution is 2.40. The Morgan fingerprint density at radius 2 is 2.05 bits per heavy atom. The lowest BCUT2D eigenvalue weighted by Crippen LogP contribution is -1.90. The summed E-state index contributed by atoms with van der Waals surface area (Å²) < 4.78 is 5.40. The van der Waals surface area contributed by atoms with Crippen LogP contribution in [0.5, 0.6) is 0 Å². The van der Waals surface area contributed by atoms with Crippen molar-refractivity contribution in [3.8, 4) is 20.7 Å². The molecule has 0 aliphatic rings. The molecule has 0 aliphatic heterocycles. The van der Waals surface area contributed by atoms with E-state index in [1.54, 1.807) is 17.6 Å². The van der Waals surface area contributed by atoms with Gasteiger partial charge in [-0.1, -0.05) is 25.2 Å². The van der Waals surface area contributed by atoms with Crippen LogP contribution >= 0.6 is 22.7 Å². The molecular weight excluding hydrogens is 280 g/mol. The molecule has 0 atom stereocenters. The van der Waals surface area contributed by atoms with Crippen LogP contribution in [0.4, 0.5) is 5.13 Å². The topological polar surface area (TPSA) is 77.8 Å². The van der Waals surface area contributed by atoms with Gasteiger partial charge < -0.3 is 10.2 Å². The Kier molecular flexibility index (Phi) is 3.08. The quantitative estimate of drug-likeness (QED) is 0.797. The second-order valence-electron chi connectivity index (χ2n) is 4.31. The van der Waals surface area contributed by atoms with E-state index in [1.165, 1.54) is 11.3 Å². The number of hydrogen-bond acceptors (Lipinski definition) is 7. The largest absolute Gasteiger partial charge is 0.462 e. The molecule has 0 fully saturated rings. The van der Waals surface area contributed by atoms with Gasteiger partial charge in [0.05, 0.1) is 16.8 Å². The smallest absolute Gasteiger partial charge is 0.203 e. The maximum Gasteiger partial charge on any atom is 0.203 e. The lowest BCUT2D eigenvalue weighted by atomic mass is 10.1. The van der Waals surface area contributed by atoms with Crippen molar-refractivity contribution in [2.24, 2.45) is 0 Å². The fraction of sp³-hybridized carbons (Fsp3) is 0.250. The zero-order chi connectivity index (χ0) is 13.4. The normalized spacial score (nSPS) is 11.3. The zero-order valence-corrected chi connectivity index (χ0v) is 12.1. The van der Waals surface area contributed by atoms with Crippen molar-refractivity contribution in [2.45, 2.75) is 19.8 Å². The monoisotopic (exact) mass is 292 g/mol. The van der Waals surface area contributed by atoms with Gasteiger partial charge >= 0.3 is 0 Å². The van der Waals surface area contributed by atoms with Gasteiger partial charge in [0.15, 0.2) is 15.8 Å². The Bertz CT molecular complexity index is 684. The number of nitrogens with zero attached hydrogens (tertiary/aromatic N) is 3. The van der Waals surface area contributed by atoms with Crippen molar-refractivity contribution in [3.63, 3.8) is 0 Å². The Balaban J connectivity index is 2.12. The summed E-state index contributed by atoms with van der Waals surface area (Å²) in [5.41, 5.74) is 6.66. The summed E-state index contributed by atoms with van der Waals surface area (Å²) >= 11 is 2.94. The van der Waals surface area contributed by atoms with Crippen LogP contribution in [0.1, 0.15) is 25.5 Å². The van der Waals surface area contributed by atoms with Gasteiger partial charge in [-0.15, -0.1) is 21.5 Å². The van der Waals surface area contributed by atoms with E-state index in [2.05, 4.69) is 29.0 Å². The summed E-state index contributed by atoms with van der Waals surface area (Å²) in [6, 6.07) is 3.76. The molecule has 98 valence electrons. The molecule has 3 aromatic rings. The van der Waals surface area contributed by atoms with Crippen molar-refractivity contribution >= 4 is 27.8 Å². The Labute approximate surface area is 118 Å². The van der Waals surface area contributed by atoms with Gasteiger partial charge in [0.25, 0.3) is 0 Å². The van der Waals surface area contributed by atoms with Crippen LogP contribution in [-0.2, 0) is 0 Å². The first-order chi connectivity index (χ1) is 9.15. The molecule has 0 aromatic carbocycles. The van der Waals surface area contributed by atoms with Gasteiger partial charge in [-0.2, -0.15) is 0 Å². The van der Waals surface area contributed by atoms with Crippen molar-refractivity contribution in [1.29, 1.82) is 0 Å². The summed E-state index contributed by atoms with van der Waals surface area (Å²) in [4.78, 5) is 5.68. The predicted octanol–water partition coefficient (Wildman–Crippen LogP) is 3.63. The second-order valence-corrected chi connectivity index (χ2v) is 6.32. The van der Waals surface area contributed by atoms with E-state index in [1.807, 2.05) is 12.1 Å². The molecule has 7 heteroatoms. The lowest BCUT2D eigenvalue weighted by Gasteiger charge is -2.01. The molecule has 0 unspecified atom stereocenters. The third kappa shape index (κ3) is 2.26. The minimum absolute atomic E-state index is 0.306. The van der Waals surface area contributed by atoms with Gasteiger partial charge in [0, 0.05) is 0 Å². The zero-order valence-electron chi connectivity index (χ0n) is 10.5. The summed E-state index contributed by atoms with van der Waals surface area (Å²) in [6.45, 7) is 4.21. The number of rotatable bonds is 3. The summed E-state index contributed by atoms with van der Waals surface area (Å²) in [5.74, 6) is 1.08. The standard InChI is InChI=1S/C12H12N4OS2/c1-6(2)8-9(11-15-16-12(13)19-11)18-10(14-8)7-4-3-5-17-7/h3-6H,1-2H3,(H2,13,16). The highest BCUT2D eigenvalue weighted by Gasteiger charge is 2.20. The molecular formula is C12H12N4OS2. The molecule has 19 heavy (non-hydrogen) atoms. The van der Waals surface area contributed by atoms with Crippen LogP contribution in [0.15, 0.2) is 22.8 Å².